The summed E-state index contributed by atoms with van der Waals surface area (Å²) in [6, 6.07) is 12.7. The van der Waals surface area contributed by atoms with Gasteiger partial charge in [-0.1, -0.05) is 23.7 Å². The summed E-state index contributed by atoms with van der Waals surface area (Å²) in [7, 11) is 0. The third kappa shape index (κ3) is 3.16. The Labute approximate surface area is 136 Å². The smallest absolute Gasteiger partial charge is 0.267 e. The Morgan fingerprint density at radius 2 is 2.09 bits per heavy atom. The fourth-order valence-corrected chi connectivity index (χ4v) is 3.09. The molecule has 0 fully saturated rings. The van der Waals surface area contributed by atoms with Crippen LogP contribution >= 0.6 is 22.9 Å². The van der Waals surface area contributed by atoms with Gasteiger partial charge in [-0.25, -0.2) is 4.98 Å². The number of halogens is 1. The number of carbonyl (C=O) groups excluding carboxylic acids is 1. The minimum Gasteiger partial charge on any atom is -0.321 e. The topological polar surface area (TPSA) is 54.9 Å². The molecule has 1 amide bonds. The van der Waals surface area contributed by atoms with Crippen molar-refractivity contribution in [1.29, 1.82) is 0 Å². The predicted octanol–water partition coefficient (Wildman–Crippen LogP) is 4.42. The second kappa shape index (κ2) is 6.25. The van der Waals surface area contributed by atoms with E-state index >= 15 is 0 Å². The van der Waals surface area contributed by atoms with E-state index in [9.17, 15) is 4.79 Å². The number of carbonyl (C=O) groups is 1. The molecule has 0 radical (unpaired) electrons. The van der Waals surface area contributed by atoms with Crippen molar-refractivity contribution in [3.8, 4) is 10.7 Å². The van der Waals surface area contributed by atoms with Crippen molar-refractivity contribution in [1.82, 2.24) is 9.97 Å². The number of aromatic nitrogens is 2. The van der Waals surface area contributed by atoms with Gasteiger partial charge < -0.3 is 5.32 Å². The van der Waals surface area contributed by atoms with E-state index in [1.54, 1.807) is 30.5 Å². The average Bonchev–Trinajstić information content (AvgIpc) is 2.90. The molecule has 22 heavy (non-hydrogen) atoms. The third-order valence-corrected chi connectivity index (χ3v) is 4.38. The number of nitrogens with one attached hydrogen (secondary N) is 1. The number of nitrogens with zero attached hydrogens (tertiary/aromatic N) is 2. The highest BCUT2D eigenvalue weighted by Gasteiger charge is 2.16. The molecule has 3 aromatic rings. The van der Waals surface area contributed by atoms with Crippen molar-refractivity contribution >= 4 is 34.5 Å². The van der Waals surface area contributed by atoms with Crippen molar-refractivity contribution in [3.63, 3.8) is 0 Å². The van der Waals surface area contributed by atoms with Crippen LogP contribution < -0.4 is 5.32 Å². The van der Waals surface area contributed by atoms with Gasteiger partial charge in [-0.15, -0.1) is 11.3 Å². The molecule has 1 N–H and O–H groups in total. The minimum absolute atomic E-state index is 0.195. The molecule has 4 nitrogen and oxygen atoms in total. The number of hydrogen-bond donors (Lipinski definition) is 1. The van der Waals surface area contributed by atoms with E-state index in [-0.39, 0.29) is 5.91 Å². The van der Waals surface area contributed by atoms with Crippen molar-refractivity contribution < 1.29 is 4.79 Å². The van der Waals surface area contributed by atoms with E-state index in [2.05, 4.69) is 15.3 Å². The fourth-order valence-electron chi connectivity index (χ4n) is 1.96. The fraction of sp³-hybridized carbons (Fsp3) is 0.0625. The zero-order chi connectivity index (χ0) is 15.5. The second-order valence-corrected chi connectivity index (χ2v) is 6.05. The van der Waals surface area contributed by atoms with Gasteiger partial charge in [0.05, 0.1) is 11.4 Å². The van der Waals surface area contributed by atoms with Gasteiger partial charge in [-0.05, 0) is 37.3 Å². The number of rotatable bonds is 3. The molecule has 0 aliphatic carbocycles. The number of benzene rings is 1. The van der Waals surface area contributed by atoms with Crippen molar-refractivity contribution in [2.45, 2.75) is 6.92 Å². The predicted molar refractivity (Wildman–Crippen MR) is 89.5 cm³/mol. The quantitative estimate of drug-likeness (QED) is 0.774. The molecular weight excluding hydrogens is 318 g/mol. The van der Waals surface area contributed by atoms with Crippen LogP contribution in [0.1, 0.15) is 15.4 Å². The average molecular weight is 330 g/mol. The SMILES string of the molecule is Cc1nc(-c2ccccn2)sc1C(=O)Nc1cccc(Cl)c1. The Morgan fingerprint density at radius 1 is 1.23 bits per heavy atom. The molecule has 2 aromatic heterocycles. The summed E-state index contributed by atoms with van der Waals surface area (Å²) in [4.78, 5) is 21.6. The molecule has 110 valence electrons. The van der Waals surface area contributed by atoms with Crippen LogP contribution in [-0.4, -0.2) is 15.9 Å². The van der Waals surface area contributed by atoms with Crippen molar-refractivity contribution in [2.24, 2.45) is 0 Å². The van der Waals surface area contributed by atoms with E-state index in [1.165, 1.54) is 11.3 Å². The van der Waals surface area contributed by atoms with Gasteiger partial charge in [0.1, 0.15) is 9.88 Å². The molecule has 1 aromatic carbocycles. The first kappa shape index (κ1) is 14.7. The summed E-state index contributed by atoms with van der Waals surface area (Å²) in [5.74, 6) is -0.195. The first-order valence-electron chi connectivity index (χ1n) is 6.59. The summed E-state index contributed by atoms with van der Waals surface area (Å²) in [6.07, 6.45) is 1.71. The lowest BCUT2D eigenvalue weighted by molar-refractivity contribution is 0.103. The molecule has 2 heterocycles. The number of hydrogen-bond acceptors (Lipinski definition) is 4. The highest BCUT2D eigenvalue weighted by molar-refractivity contribution is 7.17. The summed E-state index contributed by atoms with van der Waals surface area (Å²) >= 11 is 7.25. The summed E-state index contributed by atoms with van der Waals surface area (Å²) in [6.45, 7) is 1.82. The van der Waals surface area contributed by atoms with Crippen LogP contribution in [0.25, 0.3) is 10.7 Å². The normalized spacial score (nSPS) is 10.5. The Morgan fingerprint density at radius 3 is 2.82 bits per heavy atom. The molecule has 0 saturated heterocycles. The zero-order valence-corrected chi connectivity index (χ0v) is 13.3. The molecule has 0 atom stereocenters. The molecule has 0 aliphatic rings. The number of thiazole rings is 1. The molecular formula is C16H12ClN3OS. The maximum absolute atomic E-state index is 12.4. The number of anilines is 1. The first-order valence-corrected chi connectivity index (χ1v) is 7.78. The highest BCUT2D eigenvalue weighted by atomic mass is 35.5. The van der Waals surface area contributed by atoms with E-state index in [0.29, 0.717) is 21.3 Å². The van der Waals surface area contributed by atoms with Gasteiger partial charge in [0.2, 0.25) is 0 Å². The van der Waals surface area contributed by atoms with Crippen LogP contribution in [0.2, 0.25) is 5.02 Å². The largest absolute Gasteiger partial charge is 0.321 e. The Bertz CT molecular complexity index is 817. The van der Waals surface area contributed by atoms with Crippen LogP contribution in [0.4, 0.5) is 5.69 Å². The van der Waals surface area contributed by atoms with Crippen LogP contribution in [0.5, 0.6) is 0 Å². The minimum atomic E-state index is -0.195. The maximum atomic E-state index is 12.4. The zero-order valence-electron chi connectivity index (χ0n) is 11.7. The van der Waals surface area contributed by atoms with Gasteiger partial charge in [-0.3, -0.25) is 9.78 Å². The van der Waals surface area contributed by atoms with Crippen LogP contribution in [0.15, 0.2) is 48.7 Å². The van der Waals surface area contributed by atoms with Gasteiger partial charge in [0, 0.05) is 16.9 Å². The van der Waals surface area contributed by atoms with E-state index in [1.807, 2.05) is 25.1 Å². The summed E-state index contributed by atoms with van der Waals surface area (Å²) < 4.78 is 0. The van der Waals surface area contributed by atoms with Gasteiger partial charge >= 0.3 is 0 Å². The van der Waals surface area contributed by atoms with Crippen molar-refractivity contribution in [2.75, 3.05) is 5.32 Å². The van der Waals surface area contributed by atoms with E-state index in [4.69, 9.17) is 11.6 Å². The monoisotopic (exact) mass is 329 g/mol. The van der Waals surface area contributed by atoms with Crippen molar-refractivity contribution in [3.05, 3.63) is 64.3 Å². The second-order valence-electron chi connectivity index (χ2n) is 4.61. The van der Waals surface area contributed by atoms with Crippen LogP contribution in [0, 0.1) is 6.92 Å². The van der Waals surface area contributed by atoms with Gasteiger partial charge in [-0.2, -0.15) is 0 Å². The Kier molecular flexibility index (Phi) is 4.18. The van der Waals surface area contributed by atoms with Gasteiger partial charge in [0.25, 0.3) is 5.91 Å². The summed E-state index contributed by atoms with van der Waals surface area (Å²) in [5, 5.41) is 4.14. The lowest BCUT2D eigenvalue weighted by Crippen LogP contribution is -2.11. The van der Waals surface area contributed by atoms with E-state index < -0.39 is 0 Å². The molecule has 3 rings (SSSR count). The number of pyridine rings is 1. The molecule has 0 saturated carbocycles. The molecule has 6 heteroatoms. The first-order chi connectivity index (χ1) is 10.6. The van der Waals surface area contributed by atoms with Crippen LogP contribution in [0.3, 0.4) is 0 Å². The summed E-state index contributed by atoms with van der Waals surface area (Å²) in [5.41, 5.74) is 2.10. The molecule has 0 unspecified atom stereocenters. The molecule has 0 spiro atoms. The maximum Gasteiger partial charge on any atom is 0.267 e. The Hall–Kier alpha value is -2.24. The Balaban J connectivity index is 1.86. The number of amides is 1. The third-order valence-electron chi connectivity index (χ3n) is 2.97. The van der Waals surface area contributed by atoms with Gasteiger partial charge in [0.15, 0.2) is 0 Å². The molecule has 0 bridgehead atoms. The molecule has 0 aliphatic heterocycles. The van der Waals surface area contributed by atoms with E-state index in [0.717, 1.165) is 10.7 Å². The lowest BCUT2D eigenvalue weighted by Gasteiger charge is -2.04. The highest BCUT2D eigenvalue weighted by Crippen LogP contribution is 2.27. The number of aryl methyl sites for hydroxylation is 1. The standard InChI is InChI=1S/C16H12ClN3OS/c1-10-14(15(21)20-12-6-4-5-11(17)9-12)22-16(19-10)13-7-2-3-8-18-13/h2-9H,1H3,(H,20,21). The van der Waals surface area contributed by atoms with Crippen LogP contribution in [-0.2, 0) is 0 Å². The lowest BCUT2D eigenvalue weighted by atomic mass is 10.3.